The van der Waals surface area contributed by atoms with Gasteiger partial charge in [0.15, 0.2) is 0 Å². The van der Waals surface area contributed by atoms with Crippen LogP contribution in [0.5, 0.6) is 0 Å². The van der Waals surface area contributed by atoms with Crippen LogP contribution in [0.3, 0.4) is 0 Å². The minimum Gasteiger partial charge on any atom is -0.302 e. The zero-order valence-electron chi connectivity index (χ0n) is 7.58. The molecule has 0 aromatic rings. The van der Waals surface area contributed by atoms with Crippen molar-refractivity contribution in [1.82, 2.24) is 9.91 Å². The van der Waals surface area contributed by atoms with Crippen LogP contribution in [0.1, 0.15) is 19.8 Å². The van der Waals surface area contributed by atoms with Crippen LogP contribution < -0.4 is 5.84 Å². The van der Waals surface area contributed by atoms with Crippen molar-refractivity contribution in [2.75, 3.05) is 26.7 Å². The molecule has 0 aromatic heterocycles. The third-order valence-electron chi connectivity index (χ3n) is 2.42. The third-order valence-corrected chi connectivity index (χ3v) is 2.42. The van der Waals surface area contributed by atoms with Crippen LogP contribution in [0.15, 0.2) is 0 Å². The zero-order valence-corrected chi connectivity index (χ0v) is 7.58. The molecule has 0 saturated carbocycles. The Hall–Kier alpha value is -0.120. The van der Waals surface area contributed by atoms with Crippen LogP contribution in [0.2, 0.25) is 0 Å². The van der Waals surface area contributed by atoms with E-state index in [2.05, 4.69) is 11.8 Å². The highest BCUT2D eigenvalue weighted by atomic mass is 15.4. The van der Waals surface area contributed by atoms with Crippen molar-refractivity contribution in [3.63, 3.8) is 0 Å². The van der Waals surface area contributed by atoms with Crippen LogP contribution in [-0.2, 0) is 0 Å². The van der Waals surface area contributed by atoms with Gasteiger partial charge in [0, 0.05) is 19.6 Å². The Morgan fingerprint density at radius 2 is 2.00 bits per heavy atom. The van der Waals surface area contributed by atoms with Crippen molar-refractivity contribution >= 4 is 0 Å². The van der Waals surface area contributed by atoms with Gasteiger partial charge in [-0.3, -0.25) is 5.84 Å². The minimum absolute atomic E-state index is 0.480. The molecule has 66 valence electrons. The Morgan fingerprint density at radius 3 is 2.45 bits per heavy atom. The van der Waals surface area contributed by atoms with Gasteiger partial charge in [-0.25, -0.2) is 5.01 Å². The number of likely N-dealkylation sites (N-methyl/N-ethyl adjacent to an activating group) is 1. The Kier molecular flexibility index (Phi) is 3.30. The highest BCUT2D eigenvalue weighted by Gasteiger charge is 2.15. The standard InChI is InChI=1S/C8H19N3/c1-8(10(2)9)7-11-5-3-4-6-11/h8H,3-7,9H2,1-2H3. The van der Waals surface area contributed by atoms with Gasteiger partial charge in [-0.05, 0) is 32.9 Å². The van der Waals surface area contributed by atoms with E-state index in [1.54, 1.807) is 5.01 Å². The highest BCUT2D eigenvalue weighted by Crippen LogP contribution is 2.08. The first-order valence-electron chi connectivity index (χ1n) is 4.40. The Bertz CT molecular complexity index is 108. The van der Waals surface area contributed by atoms with Crippen LogP contribution >= 0.6 is 0 Å². The second-order valence-electron chi connectivity index (χ2n) is 3.52. The monoisotopic (exact) mass is 157 g/mol. The summed E-state index contributed by atoms with van der Waals surface area (Å²) in [5.74, 6) is 5.62. The molecular weight excluding hydrogens is 138 g/mol. The summed E-state index contributed by atoms with van der Waals surface area (Å²) in [6, 6.07) is 0.480. The molecule has 1 unspecified atom stereocenters. The predicted octanol–water partition coefficient (Wildman–Crippen LogP) is 0.276. The average molecular weight is 157 g/mol. The first-order chi connectivity index (χ1) is 5.20. The molecular formula is C8H19N3. The lowest BCUT2D eigenvalue weighted by molar-refractivity contribution is 0.195. The lowest BCUT2D eigenvalue weighted by Crippen LogP contribution is -2.42. The number of nitrogens with zero attached hydrogens (tertiary/aromatic N) is 2. The largest absolute Gasteiger partial charge is 0.302 e. The van der Waals surface area contributed by atoms with Gasteiger partial charge in [0.2, 0.25) is 0 Å². The summed E-state index contributed by atoms with van der Waals surface area (Å²) in [4.78, 5) is 2.48. The molecule has 0 amide bonds. The summed E-state index contributed by atoms with van der Waals surface area (Å²) in [5.41, 5.74) is 0. The maximum absolute atomic E-state index is 5.62. The topological polar surface area (TPSA) is 32.5 Å². The van der Waals surface area contributed by atoms with Gasteiger partial charge in [0.1, 0.15) is 0 Å². The number of hydrogen-bond donors (Lipinski definition) is 1. The highest BCUT2D eigenvalue weighted by molar-refractivity contribution is 4.71. The van der Waals surface area contributed by atoms with E-state index < -0.39 is 0 Å². The molecule has 1 aliphatic rings. The quantitative estimate of drug-likeness (QED) is 0.471. The molecule has 1 saturated heterocycles. The molecule has 0 radical (unpaired) electrons. The summed E-state index contributed by atoms with van der Waals surface area (Å²) < 4.78 is 0. The predicted molar refractivity (Wildman–Crippen MR) is 47.1 cm³/mol. The van der Waals surface area contributed by atoms with Crippen LogP contribution in [0.4, 0.5) is 0 Å². The van der Waals surface area contributed by atoms with E-state index in [-0.39, 0.29) is 0 Å². The molecule has 3 nitrogen and oxygen atoms in total. The molecule has 11 heavy (non-hydrogen) atoms. The second-order valence-corrected chi connectivity index (χ2v) is 3.52. The van der Waals surface area contributed by atoms with Gasteiger partial charge in [-0.1, -0.05) is 0 Å². The second kappa shape index (κ2) is 4.04. The number of hydrogen-bond acceptors (Lipinski definition) is 3. The van der Waals surface area contributed by atoms with Crippen LogP contribution in [0.25, 0.3) is 0 Å². The summed E-state index contributed by atoms with van der Waals surface area (Å²) in [6.07, 6.45) is 2.72. The lowest BCUT2D eigenvalue weighted by Gasteiger charge is -2.24. The summed E-state index contributed by atoms with van der Waals surface area (Å²) in [5, 5.41) is 1.79. The molecule has 1 fully saturated rings. The van der Waals surface area contributed by atoms with E-state index in [1.165, 1.54) is 25.9 Å². The van der Waals surface area contributed by atoms with E-state index in [1.807, 2.05) is 7.05 Å². The van der Waals surface area contributed by atoms with Gasteiger partial charge in [-0.15, -0.1) is 0 Å². The van der Waals surface area contributed by atoms with Gasteiger partial charge < -0.3 is 4.90 Å². The number of rotatable bonds is 3. The fourth-order valence-electron chi connectivity index (χ4n) is 1.47. The fraction of sp³-hybridized carbons (Fsp3) is 1.00. The van der Waals surface area contributed by atoms with Gasteiger partial charge in [0.25, 0.3) is 0 Å². The molecule has 0 aromatic carbocycles. The number of hydrazine groups is 1. The molecule has 1 atom stereocenters. The Labute approximate surface area is 69.1 Å². The van der Waals surface area contributed by atoms with Crippen LogP contribution in [-0.4, -0.2) is 42.6 Å². The number of likely N-dealkylation sites (tertiary alicyclic amines) is 1. The molecule has 3 heteroatoms. The summed E-state index contributed by atoms with van der Waals surface area (Å²) in [7, 11) is 1.93. The van der Waals surface area contributed by atoms with Crippen molar-refractivity contribution in [2.24, 2.45) is 5.84 Å². The van der Waals surface area contributed by atoms with E-state index in [9.17, 15) is 0 Å². The molecule has 0 aliphatic carbocycles. The molecule has 1 heterocycles. The lowest BCUT2D eigenvalue weighted by atomic mass is 10.3. The molecule has 0 spiro atoms. The van der Waals surface area contributed by atoms with Crippen molar-refractivity contribution in [3.8, 4) is 0 Å². The first-order valence-corrected chi connectivity index (χ1v) is 4.40. The van der Waals surface area contributed by atoms with E-state index in [4.69, 9.17) is 5.84 Å². The Balaban J connectivity index is 2.18. The fourth-order valence-corrected chi connectivity index (χ4v) is 1.47. The van der Waals surface area contributed by atoms with Gasteiger partial charge in [0.05, 0.1) is 0 Å². The van der Waals surface area contributed by atoms with Crippen molar-refractivity contribution < 1.29 is 0 Å². The maximum atomic E-state index is 5.62. The molecule has 0 bridgehead atoms. The molecule has 1 rings (SSSR count). The normalized spacial score (nSPS) is 22.9. The van der Waals surface area contributed by atoms with Gasteiger partial charge in [-0.2, -0.15) is 0 Å². The van der Waals surface area contributed by atoms with Crippen LogP contribution in [0, 0.1) is 0 Å². The minimum atomic E-state index is 0.480. The summed E-state index contributed by atoms with van der Waals surface area (Å²) >= 11 is 0. The van der Waals surface area contributed by atoms with Crippen molar-refractivity contribution in [1.29, 1.82) is 0 Å². The average Bonchev–Trinajstić information content (AvgIpc) is 2.39. The van der Waals surface area contributed by atoms with Crippen molar-refractivity contribution in [3.05, 3.63) is 0 Å². The Morgan fingerprint density at radius 1 is 1.45 bits per heavy atom. The molecule has 1 aliphatic heterocycles. The van der Waals surface area contributed by atoms with E-state index in [0.29, 0.717) is 6.04 Å². The molecule has 2 N–H and O–H groups in total. The van der Waals surface area contributed by atoms with E-state index in [0.717, 1.165) is 6.54 Å². The number of nitrogens with two attached hydrogens (primary N) is 1. The van der Waals surface area contributed by atoms with E-state index >= 15 is 0 Å². The first kappa shape index (κ1) is 8.97. The maximum Gasteiger partial charge on any atom is 0.0337 e. The van der Waals surface area contributed by atoms with Gasteiger partial charge >= 0.3 is 0 Å². The summed E-state index contributed by atoms with van der Waals surface area (Å²) in [6.45, 7) is 5.81. The SMILES string of the molecule is CC(CN1CCCC1)N(C)N. The zero-order chi connectivity index (χ0) is 8.27. The van der Waals surface area contributed by atoms with Crippen molar-refractivity contribution in [2.45, 2.75) is 25.8 Å². The smallest absolute Gasteiger partial charge is 0.0337 e. The third kappa shape index (κ3) is 2.77.